The molecule has 3 aromatic carbocycles. The van der Waals surface area contributed by atoms with Crippen molar-refractivity contribution in [2.24, 2.45) is 0 Å². The molecule has 0 spiro atoms. The van der Waals surface area contributed by atoms with Gasteiger partial charge in [0.25, 0.3) is 0 Å². The highest BCUT2D eigenvalue weighted by Crippen LogP contribution is 2.48. The molecule has 0 bridgehead atoms. The molecule has 0 aliphatic rings. The van der Waals surface area contributed by atoms with Crippen LogP contribution in [0.15, 0.2) is 72.8 Å². The predicted octanol–water partition coefficient (Wildman–Crippen LogP) is 5.91. The minimum absolute atomic E-state index is 0.159. The maximum atomic E-state index is 12.1. The quantitative estimate of drug-likeness (QED) is 0.259. The lowest BCUT2D eigenvalue weighted by molar-refractivity contribution is 0.0439. The van der Waals surface area contributed by atoms with E-state index in [1.165, 1.54) is 25.1 Å². The number of thiophene rings is 1. The van der Waals surface area contributed by atoms with Gasteiger partial charge in [0, 0.05) is 21.2 Å². The third kappa shape index (κ3) is 2.75. The van der Waals surface area contributed by atoms with Crippen LogP contribution in [0, 0.1) is 12.3 Å². The third-order valence-corrected chi connectivity index (χ3v) is 6.68. The Kier molecular flexibility index (Phi) is 4.20. The molecule has 1 unspecified atom stereocenters. The van der Waals surface area contributed by atoms with E-state index in [-0.39, 0.29) is 10.5 Å². The second-order valence-corrected chi connectivity index (χ2v) is 8.00. The molecule has 2 nitrogen and oxygen atoms in total. The molecule has 1 atom stereocenters. The van der Waals surface area contributed by atoms with E-state index in [0.29, 0.717) is 5.56 Å². The van der Waals surface area contributed by atoms with Gasteiger partial charge in [-0.15, -0.1) is 6.42 Å². The number of carbonyl (C=O) groups is 1. The summed E-state index contributed by atoms with van der Waals surface area (Å²) in [5, 5.41) is 2.58. The zero-order chi connectivity index (χ0) is 18.1. The molecule has 4 rings (SSSR count). The largest absolute Gasteiger partial charge is 0.446 e. The molecule has 0 N–H and O–H groups in total. The Bertz CT molecular complexity index is 1090. The van der Waals surface area contributed by atoms with Gasteiger partial charge >= 0.3 is 5.97 Å². The molecule has 4 aromatic rings. The Labute approximate surface area is 155 Å². The van der Waals surface area contributed by atoms with Crippen LogP contribution in [0.4, 0.5) is 0 Å². The molecule has 0 aliphatic heterocycles. The summed E-state index contributed by atoms with van der Waals surface area (Å²) in [6.45, 7) is 1.68. The maximum absolute atomic E-state index is 12.1. The number of fused-ring (bicyclic) bond motifs is 3. The molecule has 3 heteroatoms. The van der Waals surface area contributed by atoms with Gasteiger partial charge in [-0.2, -0.15) is 0 Å². The molecular formula is C23H17O2S+. The third-order valence-electron chi connectivity index (χ3n) is 4.35. The summed E-state index contributed by atoms with van der Waals surface area (Å²) in [5.41, 5.74) is 0.514. The lowest BCUT2D eigenvalue weighted by Gasteiger charge is -2.06. The second kappa shape index (κ2) is 6.67. The number of ether oxygens (including phenoxy) is 1. The first-order valence-corrected chi connectivity index (χ1v) is 9.61. The van der Waals surface area contributed by atoms with Crippen molar-refractivity contribution < 1.29 is 9.53 Å². The molecule has 0 fully saturated rings. The second-order valence-electron chi connectivity index (χ2n) is 6.04. The van der Waals surface area contributed by atoms with Crippen molar-refractivity contribution in [1.82, 2.24) is 0 Å². The average molecular weight is 357 g/mol. The van der Waals surface area contributed by atoms with E-state index in [9.17, 15) is 4.79 Å². The zero-order valence-electron chi connectivity index (χ0n) is 14.3. The van der Waals surface area contributed by atoms with Gasteiger partial charge in [0.1, 0.15) is 0 Å². The number of esters is 1. The molecule has 126 valence electrons. The van der Waals surface area contributed by atoms with Crippen LogP contribution in [0.1, 0.15) is 17.3 Å². The first-order chi connectivity index (χ1) is 12.7. The fourth-order valence-electron chi connectivity index (χ4n) is 3.10. The van der Waals surface area contributed by atoms with Crippen LogP contribution in [0.3, 0.4) is 0 Å². The van der Waals surface area contributed by atoms with Crippen molar-refractivity contribution in [3.63, 3.8) is 0 Å². The Morgan fingerprint density at radius 2 is 1.46 bits per heavy atom. The van der Waals surface area contributed by atoms with Crippen LogP contribution < -0.4 is 0 Å². The van der Waals surface area contributed by atoms with E-state index in [2.05, 4.69) is 54.5 Å². The SMILES string of the molecule is C#CC(C)OC(=O)c1ccc(-[s+]2c3ccccc3c3ccccc32)cc1. The van der Waals surface area contributed by atoms with E-state index < -0.39 is 12.1 Å². The van der Waals surface area contributed by atoms with E-state index in [0.717, 1.165) is 0 Å². The summed E-state index contributed by atoms with van der Waals surface area (Å²) in [6, 6.07) is 24.7. The Morgan fingerprint density at radius 1 is 0.923 bits per heavy atom. The molecule has 0 saturated carbocycles. The number of terminal acetylenes is 1. The number of benzene rings is 3. The van der Waals surface area contributed by atoms with Crippen LogP contribution in [-0.2, 0) is 4.74 Å². The number of carbonyl (C=O) groups excluding carboxylic acids is 1. The number of hydrogen-bond acceptors (Lipinski definition) is 2. The summed E-state index contributed by atoms with van der Waals surface area (Å²) in [6.07, 6.45) is 4.74. The summed E-state index contributed by atoms with van der Waals surface area (Å²) >= 11 is 0. The van der Waals surface area contributed by atoms with E-state index in [1.807, 2.05) is 24.3 Å². The Hall–Kier alpha value is -3.09. The van der Waals surface area contributed by atoms with Gasteiger partial charge in [-0.25, -0.2) is 4.79 Å². The highest BCUT2D eigenvalue weighted by molar-refractivity contribution is 7.50. The minimum atomic E-state index is -0.530. The zero-order valence-corrected chi connectivity index (χ0v) is 15.1. The fraction of sp³-hybridized carbons (Fsp3) is 0.0870. The summed E-state index contributed by atoms with van der Waals surface area (Å²) in [4.78, 5) is 13.3. The first-order valence-electron chi connectivity index (χ1n) is 8.39. The van der Waals surface area contributed by atoms with Gasteiger partial charge in [-0.05, 0) is 55.5 Å². The average Bonchev–Trinajstić information content (AvgIpc) is 3.02. The lowest BCUT2D eigenvalue weighted by Crippen LogP contribution is -2.12. The van der Waals surface area contributed by atoms with Crippen molar-refractivity contribution in [2.75, 3.05) is 0 Å². The molecule has 26 heavy (non-hydrogen) atoms. The topological polar surface area (TPSA) is 26.3 Å². The van der Waals surface area contributed by atoms with Crippen LogP contribution in [0.2, 0.25) is 0 Å². The molecule has 0 radical (unpaired) electrons. The monoisotopic (exact) mass is 357 g/mol. The summed E-state index contributed by atoms with van der Waals surface area (Å²) in [5.74, 6) is 2.01. The molecule has 0 amide bonds. The Morgan fingerprint density at radius 3 is 2.00 bits per heavy atom. The van der Waals surface area contributed by atoms with E-state index in [4.69, 9.17) is 11.2 Å². The number of rotatable bonds is 3. The van der Waals surface area contributed by atoms with Gasteiger partial charge < -0.3 is 4.74 Å². The Balaban J connectivity index is 1.81. The van der Waals surface area contributed by atoms with Crippen LogP contribution in [0.25, 0.3) is 25.1 Å². The van der Waals surface area contributed by atoms with E-state index in [1.54, 1.807) is 6.92 Å². The molecular weight excluding hydrogens is 340 g/mol. The molecule has 0 saturated heterocycles. The van der Waals surface area contributed by atoms with Crippen LogP contribution >= 0.6 is 10.5 Å². The number of hydrogen-bond donors (Lipinski definition) is 0. The van der Waals surface area contributed by atoms with Gasteiger partial charge in [0.05, 0.1) is 5.56 Å². The van der Waals surface area contributed by atoms with Crippen molar-refractivity contribution in [2.45, 2.75) is 13.0 Å². The maximum Gasteiger partial charge on any atom is 0.339 e. The minimum Gasteiger partial charge on any atom is -0.446 e. The molecule has 0 aliphatic carbocycles. The van der Waals surface area contributed by atoms with Crippen molar-refractivity contribution in [3.8, 4) is 17.2 Å². The fourth-order valence-corrected chi connectivity index (χ4v) is 5.47. The summed E-state index contributed by atoms with van der Waals surface area (Å²) in [7, 11) is -0.159. The van der Waals surface area contributed by atoms with Crippen LogP contribution in [0.5, 0.6) is 0 Å². The first kappa shape index (κ1) is 16.4. The van der Waals surface area contributed by atoms with Gasteiger partial charge in [-0.1, -0.05) is 30.2 Å². The van der Waals surface area contributed by atoms with Crippen molar-refractivity contribution in [3.05, 3.63) is 78.4 Å². The smallest absolute Gasteiger partial charge is 0.339 e. The predicted molar refractivity (Wildman–Crippen MR) is 109 cm³/mol. The van der Waals surface area contributed by atoms with Gasteiger partial charge in [-0.3, -0.25) is 0 Å². The lowest BCUT2D eigenvalue weighted by atomic mass is 10.2. The summed E-state index contributed by atoms with van der Waals surface area (Å²) < 4.78 is 7.84. The standard InChI is InChI=1S/C23H17O2S/c1-3-16(2)25-23(24)17-12-14-18(15-13-17)26-21-10-6-4-8-19(21)20-9-5-7-11-22(20)26/h1,4-16H,2H3/q+1. The van der Waals surface area contributed by atoms with Crippen LogP contribution in [-0.4, -0.2) is 12.1 Å². The van der Waals surface area contributed by atoms with Gasteiger partial charge in [0.15, 0.2) is 20.4 Å². The van der Waals surface area contributed by atoms with Gasteiger partial charge in [0.2, 0.25) is 0 Å². The highest BCUT2D eigenvalue weighted by Gasteiger charge is 2.23. The van der Waals surface area contributed by atoms with E-state index >= 15 is 0 Å². The highest BCUT2D eigenvalue weighted by atomic mass is 32.2. The van der Waals surface area contributed by atoms with Crippen molar-refractivity contribution in [1.29, 1.82) is 0 Å². The molecule has 1 aromatic heterocycles. The van der Waals surface area contributed by atoms with Crippen molar-refractivity contribution >= 4 is 36.6 Å². The molecule has 1 heterocycles. The normalized spacial score (nSPS) is 12.0.